The van der Waals surface area contributed by atoms with Gasteiger partial charge in [-0.25, -0.2) is 0 Å². The van der Waals surface area contributed by atoms with Crippen LogP contribution < -0.4 is 10.6 Å². The number of amides is 2. The van der Waals surface area contributed by atoms with Gasteiger partial charge in [0.2, 0.25) is 16.9 Å². The fraction of sp³-hybridized carbons (Fsp3) is 0.474. The number of unbranched alkanes of at least 4 members (excludes halogenated alkanes) is 3. The van der Waals surface area contributed by atoms with Crippen LogP contribution >= 0.6 is 11.3 Å². The van der Waals surface area contributed by atoms with E-state index in [0.717, 1.165) is 41.8 Å². The van der Waals surface area contributed by atoms with Gasteiger partial charge in [0.05, 0.1) is 0 Å². The van der Waals surface area contributed by atoms with Crippen molar-refractivity contribution >= 4 is 28.3 Å². The summed E-state index contributed by atoms with van der Waals surface area (Å²) in [5.74, 6) is -0.389. The Morgan fingerprint density at radius 1 is 1.19 bits per heavy atom. The van der Waals surface area contributed by atoms with Crippen LogP contribution in [0.4, 0.5) is 5.13 Å². The topological polar surface area (TPSA) is 84.0 Å². The molecule has 0 aliphatic rings. The molecule has 6 nitrogen and oxygen atoms in total. The molecule has 26 heavy (non-hydrogen) atoms. The zero-order valence-corrected chi connectivity index (χ0v) is 16.4. The van der Waals surface area contributed by atoms with Crippen LogP contribution in [0, 0.1) is 6.92 Å². The van der Waals surface area contributed by atoms with Crippen molar-refractivity contribution in [1.82, 2.24) is 15.5 Å². The molecule has 0 spiro atoms. The third-order valence-electron chi connectivity index (χ3n) is 3.95. The van der Waals surface area contributed by atoms with Gasteiger partial charge in [-0.05, 0) is 26.3 Å². The lowest BCUT2D eigenvalue weighted by atomic mass is 10.1. The largest absolute Gasteiger partial charge is 0.345 e. The maximum atomic E-state index is 12.2. The molecular formula is C19H26N4O2S. The van der Waals surface area contributed by atoms with E-state index in [0.29, 0.717) is 11.6 Å². The second-order valence-electron chi connectivity index (χ2n) is 6.37. The maximum absolute atomic E-state index is 12.2. The highest BCUT2D eigenvalue weighted by atomic mass is 32.1. The van der Waals surface area contributed by atoms with Gasteiger partial charge in [0.1, 0.15) is 11.0 Å². The van der Waals surface area contributed by atoms with Crippen LogP contribution in [0.25, 0.3) is 10.6 Å². The van der Waals surface area contributed by atoms with Crippen LogP contribution in [0.1, 0.15) is 51.5 Å². The molecule has 140 valence electrons. The highest BCUT2D eigenvalue weighted by Crippen LogP contribution is 2.26. The van der Waals surface area contributed by atoms with Gasteiger partial charge in [-0.2, -0.15) is 0 Å². The minimum atomic E-state index is -0.611. The molecule has 2 amide bonds. The average Bonchev–Trinajstić information content (AvgIpc) is 3.07. The first-order valence-electron chi connectivity index (χ1n) is 9.00. The zero-order chi connectivity index (χ0) is 18.9. The van der Waals surface area contributed by atoms with E-state index in [1.54, 1.807) is 6.92 Å². The predicted octanol–water partition coefficient (Wildman–Crippen LogP) is 3.93. The molecule has 0 saturated heterocycles. The average molecular weight is 375 g/mol. The molecule has 1 aromatic heterocycles. The van der Waals surface area contributed by atoms with E-state index in [1.165, 1.54) is 11.3 Å². The molecule has 0 unspecified atom stereocenters. The molecular weight excluding hydrogens is 348 g/mol. The molecule has 1 aromatic carbocycles. The highest BCUT2D eigenvalue weighted by Gasteiger charge is 2.17. The molecule has 0 fully saturated rings. The summed E-state index contributed by atoms with van der Waals surface area (Å²) in [5.41, 5.74) is 2.11. The van der Waals surface area contributed by atoms with Crippen molar-refractivity contribution in [2.24, 2.45) is 0 Å². The van der Waals surface area contributed by atoms with Crippen LogP contribution in [0.2, 0.25) is 0 Å². The van der Waals surface area contributed by atoms with E-state index >= 15 is 0 Å². The number of aryl methyl sites for hydroxylation is 1. The Morgan fingerprint density at radius 2 is 2.00 bits per heavy atom. The van der Waals surface area contributed by atoms with Gasteiger partial charge in [-0.1, -0.05) is 61.3 Å². The number of hydrogen-bond donors (Lipinski definition) is 2. The number of rotatable bonds is 9. The van der Waals surface area contributed by atoms with E-state index in [2.05, 4.69) is 27.8 Å². The minimum absolute atomic E-state index is 0.0959. The summed E-state index contributed by atoms with van der Waals surface area (Å²) in [6.07, 6.45) is 4.60. The van der Waals surface area contributed by atoms with Gasteiger partial charge in [-0.15, -0.1) is 10.2 Å². The summed E-state index contributed by atoms with van der Waals surface area (Å²) >= 11 is 1.31. The van der Waals surface area contributed by atoms with Crippen molar-refractivity contribution in [3.63, 3.8) is 0 Å². The van der Waals surface area contributed by atoms with Gasteiger partial charge < -0.3 is 5.32 Å². The van der Waals surface area contributed by atoms with Crippen LogP contribution in [0.15, 0.2) is 24.3 Å². The number of nitrogens with one attached hydrogen (secondary N) is 2. The van der Waals surface area contributed by atoms with Crippen molar-refractivity contribution in [1.29, 1.82) is 0 Å². The van der Waals surface area contributed by atoms with Crippen molar-refractivity contribution < 1.29 is 9.59 Å². The number of hydrogen-bond acceptors (Lipinski definition) is 5. The standard InChI is InChI=1S/C19H26N4O2S/c1-4-5-6-7-11-16(24)20-14(3)17(25)21-19-23-22-18(26-19)15-10-8-9-13(2)12-15/h8-10,12,14H,4-7,11H2,1-3H3,(H,20,24)(H,21,23,25)/t14-/m0/s1. The van der Waals surface area contributed by atoms with E-state index < -0.39 is 6.04 Å². The first kappa shape index (κ1) is 20.0. The Balaban J connectivity index is 1.84. The molecule has 0 aliphatic carbocycles. The van der Waals surface area contributed by atoms with Gasteiger partial charge >= 0.3 is 0 Å². The number of nitrogens with zero attached hydrogens (tertiary/aromatic N) is 2. The fourth-order valence-corrected chi connectivity index (χ4v) is 3.22. The first-order chi connectivity index (χ1) is 12.5. The first-order valence-corrected chi connectivity index (χ1v) is 9.82. The summed E-state index contributed by atoms with van der Waals surface area (Å²) in [4.78, 5) is 24.1. The monoisotopic (exact) mass is 374 g/mol. The van der Waals surface area contributed by atoms with Crippen molar-refractivity contribution in [2.75, 3.05) is 5.32 Å². The van der Waals surface area contributed by atoms with E-state index in [-0.39, 0.29) is 11.8 Å². The summed E-state index contributed by atoms with van der Waals surface area (Å²) in [6.45, 7) is 5.81. The maximum Gasteiger partial charge on any atom is 0.248 e. The van der Waals surface area contributed by atoms with Gasteiger partial charge in [0.25, 0.3) is 0 Å². The molecule has 7 heteroatoms. The van der Waals surface area contributed by atoms with Crippen molar-refractivity contribution in [2.45, 2.75) is 58.9 Å². The lowest BCUT2D eigenvalue weighted by molar-refractivity contribution is -0.126. The van der Waals surface area contributed by atoms with E-state index in [4.69, 9.17) is 0 Å². The fourth-order valence-electron chi connectivity index (χ4n) is 2.47. The van der Waals surface area contributed by atoms with Gasteiger partial charge in [-0.3, -0.25) is 14.9 Å². The Morgan fingerprint density at radius 3 is 2.73 bits per heavy atom. The van der Waals surface area contributed by atoms with Crippen molar-refractivity contribution in [3.05, 3.63) is 29.8 Å². The van der Waals surface area contributed by atoms with Crippen LogP contribution in [-0.2, 0) is 9.59 Å². The number of anilines is 1. The molecule has 0 bridgehead atoms. The Hall–Kier alpha value is -2.28. The van der Waals surface area contributed by atoms with Crippen LogP contribution in [0.5, 0.6) is 0 Å². The molecule has 1 heterocycles. The quantitative estimate of drug-likeness (QED) is 0.652. The third-order valence-corrected chi connectivity index (χ3v) is 4.84. The molecule has 2 N–H and O–H groups in total. The summed E-state index contributed by atoms with van der Waals surface area (Å²) < 4.78 is 0. The van der Waals surface area contributed by atoms with E-state index in [9.17, 15) is 9.59 Å². The molecule has 1 atom stereocenters. The Kier molecular flexibility index (Phi) is 7.72. The normalized spacial score (nSPS) is 11.8. The minimum Gasteiger partial charge on any atom is -0.345 e. The van der Waals surface area contributed by atoms with Crippen LogP contribution in [0.3, 0.4) is 0 Å². The highest BCUT2D eigenvalue weighted by molar-refractivity contribution is 7.18. The summed E-state index contributed by atoms with van der Waals surface area (Å²) in [7, 11) is 0. The summed E-state index contributed by atoms with van der Waals surface area (Å²) in [6, 6.07) is 7.34. The lowest BCUT2D eigenvalue weighted by Crippen LogP contribution is -2.41. The number of benzene rings is 1. The Labute approximate surface area is 158 Å². The second-order valence-corrected chi connectivity index (χ2v) is 7.35. The second kappa shape index (κ2) is 10.0. The smallest absolute Gasteiger partial charge is 0.248 e. The van der Waals surface area contributed by atoms with E-state index in [1.807, 2.05) is 31.2 Å². The number of carbonyl (C=O) groups excluding carboxylic acids is 2. The molecule has 2 rings (SSSR count). The molecule has 0 saturated carbocycles. The zero-order valence-electron chi connectivity index (χ0n) is 15.5. The van der Waals surface area contributed by atoms with Crippen LogP contribution in [-0.4, -0.2) is 28.1 Å². The molecule has 2 aromatic rings. The Bertz CT molecular complexity index is 745. The number of carbonyl (C=O) groups is 2. The summed E-state index contributed by atoms with van der Waals surface area (Å²) in [5, 5.41) is 14.8. The predicted molar refractivity (Wildman–Crippen MR) is 105 cm³/mol. The van der Waals surface area contributed by atoms with Crippen molar-refractivity contribution in [3.8, 4) is 10.6 Å². The molecule has 0 radical (unpaired) electrons. The van der Waals surface area contributed by atoms with Gasteiger partial charge in [0.15, 0.2) is 0 Å². The van der Waals surface area contributed by atoms with Gasteiger partial charge in [0, 0.05) is 12.0 Å². The SMILES string of the molecule is CCCCCCC(=O)N[C@@H](C)C(=O)Nc1nnc(-c2cccc(C)c2)s1. The number of aromatic nitrogens is 2. The third kappa shape index (κ3) is 6.22. The lowest BCUT2D eigenvalue weighted by Gasteiger charge is -2.12. The molecule has 0 aliphatic heterocycles.